The van der Waals surface area contributed by atoms with Gasteiger partial charge >= 0.3 is 0 Å². The van der Waals surface area contributed by atoms with Crippen molar-refractivity contribution in [1.29, 1.82) is 0 Å². The third kappa shape index (κ3) is 3.94. The van der Waals surface area contributed by atoms with Crippen LogP contribution in [0.4, 0.5) is 0 Å². The van der Waals surface area contributed by atoms with Gasteiger partial charge in [-0.3, -0.25) is 20.4 Å². The van der Waals surface area contributed by atoms with Gasteiger partial charge in [-0.05, 0) is 35.0 Å². The van der Waals surface area contributed by atoms with Gasteiger partial charge in [0.05, 0.1) is 11.3 Å². The predicted octanol–water partition coefficient (Wildman–Crippen LogP) is 3.96. The van der Waals surface area contributed by atoms with E-state index in [1.54, 1.807) is 25.1 Å². The van der Waals surface area contributed by atoms with E-state index >= 15 is 0 Å². The molecule has 7 heteroatoms. The first-order chi connectivity index (χ1) is 12.1. The number of aryl methyl sites for hydroxylation is 1. The van der Waals surface area contributed by atoms with Crippen LogP contribution in [0.3, 0.4) is 0 Å². The Morgan fingerprint density at radius 3 is 2.32 bits per heavy atom. The van der Waals surface area contributed by atoms with Crippen LogP contribution in [-0.2, 0) is 0 Å². The Balaban J connectivity index is 1.71. The number of nitrogens with zero attached hydrogens (tertiary/aromatic N) is 1. The minimum absolute atomic E-state index is 0.391. The van der Waals surface area contributed by atoms with Gasteiger partial charge < -0.3 is 0 Å². The number of hydrogen-bond acceptors (Lipinski definition) is 4. The summed E-state index contributed by atoms with van der Waals surface area (Å²) in [6.45, 7) is 1.77. The van der Waals surface area contributed by atoms with Crippen LogP contribution in [0.5, 0.6) is 0 Å². The molecule has 1 aromatic heterocycles. The van der Waals surface area contributed by atoms with Crippen molar-refractivity contribution >= 4 is 39.1 Å². The number of halogens is 1. The number of thiazole rings is 1. The Bertz CT molecular complexity index is 925. The van der Waals surface area contributed by atoms with E-state index in [4.69, 9.17) is 0 Å². The van der Waals surface area contributed by atoms with Crippen LogP contribution >= 0.6 is 27.3 Å². The molecule has 126 valence electrons. The lowest BCUT2D eigenvalue weighted by molar-refractivity contribution is 0.0848. The fourth-order valence-corrected chi connectivity index (χ4v) is 3.63. The lowest BCUT2D eigenvalue weighted by Gasteiger charge is -2.07. The van der Waals surface area contributed by atoms with Crippen LogP contribution in [-0.4, -0.2) is 16.8 Å². The van der Waals surface area contributed by atoms with Crippen molar-refractivity contribution < 1.29 is 9.59 Å². The maximum absolute atomic E-state index is 12.4. The average molecular weight is 416 g/mol. The minimum atomic E-state index is -0.397. The number of nitrogens with one attached hydrogen (secondary N) is 2. The molecule has 3 rings (SSSR count). The van der Waals surface area contributed by atoms with Crippen molar-refractivity contribution in [3.05, 3.63) is 75.2 Å². The zero-order valence-electron chi connectivity index (χ0n) is 13.2. The molecule has 2 amide bonds. The first kappa shape index (κ1) is 17.3. The molecule has 0 radical (unpaired) electrons. The molecule has 0 saturated heterocycles. The molecule has 0 aliphatic heterocycles. The monoisotopic (exact) mass is 415 g/mol. The largest absolute Gasteiger partial charge is 0.281 e. The summed E-state index contributed by atoms with van der Waals surface area (Å²) < 4.78 is 0.655. The fraction of sp³-hybridized carbons (Fsp3) is 0.0556. The summed E-state index contributed by atoms with van der Waals surface area (Å²) in [6.07, 6.45) is 0. The second kappa shape index (κ2) is 7.58. The van der Waals surface area contributed by atoms with Crippen molar-refractivity contribution in [2.45, 2.75) is 6.92 Å². The molecule has 3 aromatic rings. The topological polar surface area (TPSA) is 71.1 Å². The SMILES string of the molecule is Cc1nc(-c2ccccc2)sc1C(=O)NNC(=O)c1ccccc1Br. The highest BCUT2D eigenvalue weighted by Gasteiger charge is 2.17. The molecule has 1 heterocycles. The standard InChI is InChI=1S/C18H14BrN3O2S/c1-11-15(25-18(20-11)12-7-3-2-4-8-12)17(24)22-21-16(23)13-9-5-6-10-14(13)19/h2-10H,1H3,(H,21,23)(H,22,24). The number of carbonyl (C=O) groups excluding carboxylic acids is 2. The van der Waals surface area contributed by atoms with Gasteiger partial charge in [-0.25, -0.2) is 4.98 Å². The molecular formula is C18H14BrN3O2S. The van der Waals surface area contributed by atoms with E-state index < -0.39 is 11.8 Å². The molecule has 0 fully saturated rings. The first-order valence-electron chi connectivity index (χ1n) is 7.44. The van der Waals surface area contributed by atoms with E-state index in [0.717, 1.165) is 10.6 Å². The van der Waals surface area contributed by atoms with Crippen LogP contribution in [0.15, 0.2) is 59.1 Å². The maximum Gasteiger partial charge on any atom is 0.281 e. The molecule has 25 heavy (non-hydrogen) atoms. The Hall–Kier alpha value is -2.51. The molecule has 0 bridgehead atoms. The number of benzene rings is 2. The van der Waals surface area contributed by atoms with Crippen LogP contribution in [0, 0.1) is 6.92 Å². The van der Waals surface area contributed by atoms with Gasteiger partial charge in [0.15, 0.2) is 0 Å². The first-order valence-corrected chi connectivity index (χ1v) is 9.05. The maximum atomic E-state index is 12.4. The van der Waals surface area contributed by atoms with Gasteiger partial charge in [0.2, 0.25) is 0 Å². The van der Waals surface area contributed by atoms with Gasteiger partial charge in [-0.15, -0.1) is 11.3 Å². The van der Waals surface area contributed by atoms with Crippen LogP contribution < -0.4 is 10.9 Å². The van der Waals surface area contributed by atoms with E-state index in [-0.39, 0.29) is 0 Å². The Morgan fingerprint density at radius 2 is 1.60 bits per heavy atom. The third-order valence-corrected chi connectivity index (χ3v) is 5.33. The second-order valence-corrected chi connectivity index (χ2v) is 7.04. The quantitative estimate of drug-likeness (QED) is 0.635. The molecule has 5 nitrogen and oxygen atoms in total. The summed E-state index contributed by atoms with van der Waals surface area (Å²) in [6, 6.07) is 16.6. The number of amides is 2. The Morgan fingerprint density at radius 1 is 0.960 bits per heavy atom. The molecular weight excluding hydrogens is 402 g/mol. The predicted molar refractivity (Wildman–Crippen MR) is 101 cm³/mol. The van der Waals surface area contributed by atoms with Crippen molar-refractivity contribution in [3.63, 3.8) is 0 Å². The summed E-state index contributed by atoms with van der Waals surface area (Å²) in [5.41, 5.74) is 6.88. The van der Waals surface area contributed by atoms with Crippen molar-refractivity contribution in [2.24, 2.45) is 0 Å². The zero-order chi connectivity index (χ0) is 17.8. The van der Waals surface area contributed by atoms with E-state index in [9.17, 15) is 9.59 Å². The van der Waals surface area contributed by atoms with Gasteiger partial charge in [0, 0.05) is 10.0 Å². The van der Waals surface area contributed by atoms with Gasteiger partial charge in [0.25, 0.3) is 11.8 Å². The minimum Gasteiger partial charge on any atom is -0.267 e. The van der Waals surface area contributed by atoms with Gasteiger partial charge in [0.1, 0.15) is 9.88 Å². The highest BCUT2D eigenvalue weighted by atomic mass is 79.9. The molecule has 0 spiro atoms. The van der Waals surface area contributed by atoms with E-state index in [1.807, 2.05) is 36.4 Å². The van der Waals surface area contributed by atoms with Crippen molar-refractivity contribution in [2.75, 3.05) is 0 Å². The molecule has 0 unspecified atom stereocenters. The Kier molecular flexibility index (Phi) is 5.25. The van der Waals surface area contributed by atoms with Crippen molar-refractivity contribution in [1.82, 2.24) is 15.8 Å². The highest BCUT2D eigenvalue weighted by molar-refractivity contribution is 9.10. The lowest BCUT2D eigenvalue weighted by Crippen LogP contribution is -2.41. The van der Waals surface area contributed by atoms with Crippen LogP contribution in [0.1, 0.15) is 25.7 Å². The van der Waals surface area contributed by atoms with Crippen molar-refractivity contribution in [3.8, 4) is 10.6 Å². The molecule has 0 saturated carbocycles. The molecule has 2 N–H and O–H groups in total. The molecule has 0 atom stereocenters. The highest BCUT2D eigenvalue weighted by Crippen LogP contribution is 2.27. The average Bonchev–Trinajstić information content (AvgIpc) is 3.02. The smallest absolute Gasteiger partial charge is 0.267 e. The van der Waals surface area contributed by atoms with Crippen LogP contribution in [0.2, 0.25) is 0 Å². The van der Waals surface area contributed by atoms with Gasteiger partial charge in [-0.1, -0.05) is 42.5 Å². The summed E-state index contributed by atoms with van der Waals surface area (Å²) in [4.78, 5) is 29.4. The summed E-state index contributed by atoms with van der Waals surface area (Å²) in [5, 5.41) is 0.764. The fourth-order valence-electron chi connectivity index (χ4n) is 2.19. The normalized spacial score (nSPS) is 10.3. The lowest BCUT2D eigenvalue weighted by atomic mass is 10.2. The van der Waals surface area contributed by atoms with E-state index in [1.165, 1.54) is 11.3 Å². The van der Waals surface area contributed by atoms with Gasteiger partial charge in [-0.2, -0.15) is 0 Å². The second-order valence-electron chi connectivity index (χ2n) is 5.19. The summed E-state index contributed by atoms with van der Waals surface area (Å²) in [5.74, 6) is -0.788. The summed E-state index contributed by atoms with van der Waals surface area (Å²) >= 11 is 4.60. The molecule has 0 aliphatic rings. The third-order valence-electron chi connectivity index (χ3n) is 3.43. The molecule has 0 aliphatic carbocycles. The number of aromatic nitrogens is 1. The van der Waals surface area contributed by atoms with E-state index in [2.05, 4.69) is 31.8 Å². The number of carbonyl (C=O) groups is 2. The summed E-state index contributed by atoms with van der Waals surface area (Å²) in [7, 11) is 0. The van der Waals surface area contributed by atoms with E-state index in [0.29, 0.717) is 20.6 Å². The Labute approximate surface area is 157 Å². The van der Waals surface area contributed by atoms with Crippen LogP contribution in [0.25, 0.3) is 10.6 Å². The number of rotatable bonds is 3. The molecule has 2 aromatic carbocycles. The number of hydrogen-bond donors (Lipinski definition) is 2. The number of hydrazine groups is 1. The zero-order valence-corrected chi connectivity index (χ0v) is 15.6.